The van der Waals surface area contributed by atoms with E-state index in [1.165, 1.54) is 0 Å². The van der Waals surface area contributed by atoms with Crippen molar-refractivity contribution in [3.63, 3.8) is 0 Å². The molecule has 0 aromatic rings. The van der Waals surface area contributed by atoms with Crippen molar-refractivity contribution < 1.29 is 47.7 Å². The van der Waals surface area contributed by atoms with Crippen molar-refractivity contribution >= 4 is 29.8 Å². The lowest BCUT2D eigenvalue weighted by molar-refractivity contribution is -0.165. The molecule has 38 heavy (non-hydrogen) atoms. The Balaban J connectivity index is 3.94. The number of carbonyl (C=O) groups is 5. The van der Waals surface area contributed by atoms with E-state index in [0.717, 1.165) is 18.6 Å². The van der Waals surface area contributed by atoms with Crippen LogP contribution < -0.4 is 0 Å². The van der Waals surface area contributed by atoms with Gasteiger partial charge in [0.1, 0.15) is 6.61 Å². The molecule has 0 saturated carbocycles. The van der Waals surface area contributed by atoms with Gasteiger partial charge >= 0.3 is 29.8 Å². The Hall–Kier alpha value is -3.17. The number of unbranched alkanes of at least 4 members (excludes halogenated alkanes) is 4. The van der Waals surface area contributed by atoms with E-state index < -0.39 is 34.7 Å². The summed E-state index contributed by atoms with van der Waals surface area (Å²) in [7, 11) is 0. The zero-order chi connectivity index (χ0) is 29.0. The molecular weight excluding hydrogens is 496 g/mol. The smallest absolute Gasteiger partial charge is 0.330 e. The SMILES string of the molecule is C=CC(=O)OCCCCCC(=O)OCCCCCC(=O)OCC(C)(C)C(=O)OCC(C)(C)COC(=O)C=C. The number of ether oxygens (including phenoxy) is 5. The average Bonchev–Trinajstić information content (AvgIpc) is 2.88. The molecule has 0 radical (unpaired) electrons. The van der Waals surface area contributed by atoms with Crippen molar-refractivity contribution in [3.05, 3.63) is 25.3 Å². The van der Waals surface area contributed by atoms with E-state index in [0.29, 0.717) is 45.1 Å². The molecule has 0 rings (SSSR count). The highest BCUT2D eigenvalue weighted by atomic mass is 16.6. The van der Waals surface area contributed by atoms with Gasteiger partial charge in [0.2, 0.25) is 0 Å². The normalized spacial score (nSPS) is 11.2. The van der Waals surface area contributed by atoms with E-state index in [1.54, 1.807) is 27.7 Å². The summed E-state index contributed by atoms with van der Waals surface area (Å²) in [6.45, 7) is 14.0. The molecule has 0 amide bonds. The van der Waals surface area contributed by atoms with Crippen LogP contribution in [0.15, 0.2) is 25.3 Å². The predicted molar refractivity (Wildman–Crippen MR) is 140 cm³/mol. The fourth-order valence-corrected chi connectivity index (χ4v) is 2.80. The van der Waals surface area contributed by atoms with Gasteiger partial charge in [0.05, 0.1) is 31.8 Å². The van der Waals surface area contributed by atoms with Gasteiger partial charge in [0, 0.05) is 30.4 Å². The number of hydrogen-bond donors (Lipinski definition) is 0. The number of esters is 5. The minimum Gasteiger partial charge on any atom is -0.466 e. The fraction of sp³-hybridized carbons (Fsp3) is 0.679. The first kappa shape index (κ1) is 34.8. The third kappa shape index (κ3) is 18.1. The van der Waals surface area contributed by atoms with Crippen LogP contribution in [0.5, 0.6) is 0 Å². The van der Waals surface area contributed by atoms with Gasteiger partial charge in [-0.25, -0.2) is 9.59 Å². The summed E-state index contributed by atoms with van der Waals surface area (Å²) in [4.78, 5) is 58.3. The quantitative estimate of drug-likeness (QED) is 0.0901. The molecule has 216 valence electrons. The Labute approximate surface area is 226 Å². The Morgan fingerprint density at radius 1 is 0.579 bits per heavy atom. The molecule has 0 fully saturated rings. The molecule has 0 aliphatic carbocycles. The van der Waals surface area contributed by atoms with E-state index in [-0.39, 0.29) is 38.8 Å². The van der Waals surface area contributed by atoms with Crippen molar-refractivity contribution in [1.82, 2.24) is 0 Å². The van der Waals surface area contributed by atoms with E-state index >= 15 is 0 Å². The van der Waals surface area contributed by atoms with Gasteiger partial charge in [-0.2, -0.15) is 0 Å². The van der Waals surface area contributed by atoms with Gasteiger partial charge < -0.3 is 23.7 Å². The van der Waals surface area contributed by atoms with E-state index in [2.05, 4.69) is 13.2 Å². The zero-order valence-electron chi connectivity index (χ0n) is 23.3. The molecule has 10 nitrogen and oxygen atoms in total. The summed E-state index contributed by atoms with van der Waals surface area (Å²) in [5.74, 6) is -2.22. The van der Waals surface area contributed by atoms with Crippen LogP contribution in [-0.4, -0.2) is 62.9 Å². The van der Waals surface area contributed by atoms with E-state index in [1.807, 2.05) is 0 Å². The zero-order valence-corrected chi connectivity index (χ0v) is 23.3. The second-order valence-electron chi connectivity index (χ2n) is 10.3. The molecule has 0 bridgehead atoms. The molecule has 0 unspecified atom stereocenters. The topological polar surface area (TPSA) is 132 Å². The Kier molecular flexibility index (Phi) is 17.4. The van der Waals surface area contributed by atoms with Gasteiger partial charge in [-0.3, -0.25) is 14.4 Å². The van der Waals surface area contributed by atoms with Gasteiger partial charge in [-0.05, 0) is 52.4 Å². The third-order valence-electron chi connectivity index (χ3n) is 5.24. The van der Waals surface area contributed by atoms with Crippen molar-refractivity contribution in [1.29, 1.82) is 0 Å². The van der Waals surface area contributed by atoms with Crippen LogP contribution in [0.4, 0.5) is 0 Å². The van der Waals surface area contributed by atoms with Crippen LogP contribution in [0.3, 0.4) is 0 Å². The Morgan fingerprint density at radius 3 is 1.61 bits per heavy atom. The molecule has 0 saturated heterocycles. The Bertz CT molecular complexity index is 797. The molecular formula is C28H44O10. The summed E-state index contributed by atoms with van der Waals surface area (Å²) in [6.07, 6.45) is 6.65. The lowest BCUT2D eigenvalue weighted by Crippen LogP contribution is -2.36. The van der Waals surface area contributed by atoms with Gasteiger partial charge in [0.25, 0.3) is 0 Å². The number of hydrogen-bond acceptors (Lipinski definition) is 10. The molecule has 0 atom stereocenters. The van der Waals surface area contributed by atoms with Crippen LogP contribution in [0.25, 0.3) is 0 Å². The van der Waals surface area contributed by atoms with Gasteiger partial charge in [-0.15, -0.1) is 0 Å². The Morgan fingerprint density at radius 2 is 1.05 bits per heavy atom. The maximum absolute atomic E-state index is 12.5. The van der Waals surface area contributed by atoms with Crippen molar-refractivity contribution in [2.24, 2.45) is 10.8 Å². The standard InChI is InChI=1S/C28H44O10/c1-7-22(29)34-17-13-9-11-15-24(31)35-18-14-10-12-16-25(32)37-21-28(5,6)26(33)38-20-27(3,4)19-36-23(30)8-2/h7-8H,1-2,9-21H2,3-6H3. The third-order valence-corrected chi connectivity index (χ3v) is 5.24. The molecule has 0 aliphatic heterocycles. The summed E-state index contributed by atoms with van der Waals surface area (Å²) in [6, 6.07) is 0. The van der Waals surface area contributed by atoms with E-state index in [4.69, 9.17) is 23.7 Å². The fourth-order valence-electron chi connectivity index (χ4n) is 2.80. The maximum Gasteiger partial charge on any atom is 0.330 e. The first-order chi connectivity index (χ1) is 17.8. The van der Waals surface area contributed by atoms with Crippen LogP contribution in [0, 0.1) is 10.8 Å². The molecule has 0 spiro atoms. The average molecular weight is 541 g/mol. The molecule has 0 aromatic carbocycles. The highest BCUT2D eigenvalue weighted by Gasteiger charge is 2.33. The summed E-state index contributed by atoms with van der Waals surface area (Å²) >= 11 is 0. The first-order valence-electron chi connectivity index (χ1n) is 12.9. The summed E-state index contributed by atoms with van der Waals surface area (Å²) in [5.41, 5.74) is -1.62. The van der Waals surface area contributed by atoms with Crippen LogP contribution in [0.2, 0.25) is 0 Å². The summed E-state index contributed by atoms with van der Waals surface area (Å²) in [5, 5.41) is 0. The van der Waals surface area contributed by atoms with Crippen molar-refractivity contribution in [2.75, 3.05) is 33.0 Å². The predicted octanol–water partition coefficient (Wildman–Crippen LogP) is 4.25. The number of rotatable bonds is 21. The van der Waals surface area contributed by atoms with E-state index in [9.17, 15) is 24.0 Å². The minimum absolute atomic E-state index is 0.0332. The largest absolute Gasteiger partial charge is 0.466 e. The number of carbonyl (C=O) groups excluding carboxylic acids is 5. The van der Waals surface area contributed by atoms with Gasteiger partial charge in [-0.1, -0.05) is 27.0 Å². The monoisotopic (exact) mass is 540 g/mol. The summed E-state index contributed by atoms with van der Waals surface area (Å²) < 4.78 is 25.6. The van der Waals surface area contributed by atoms with Crippen molar-refractivity contribution in [2.45, 2.75) is 79.1 Å². The molecule has 0 aliphatic rings. The molecule has 0 heterocycles. The van der Waals surface area contributed by atoms with Crippen LogP contribution >= 0.6 is 0 Å². The van der Waals surface area contributed by atoms with Crippen LogP contribution in [0.1, 0.15) is 79.1 Å². The van der Waals surface area contributed by atoms with Crippen LogP contribution in [-0.2, 0) is 47.7 Å². The first-order valence-corrected chi connectivity index (χ1v) is 12.9. The minimum atomic E-state index is -1.03. The highest BCUT2D eigenvalue weighted by molar-refractivity contribution is 5.81. The molecule has 0 aromatic heterocycles. The van der Waals surface area contributed by atoms with Gasteiger partial charge in [0.15, 0.2) is 0 Å². The highest BCUT2D eigenvalue weighted by Crippen LogP contribution is 2.22. The molecule has 0 N–H and O–H groups in total. The lowest BCUT2D eigenvalue weighted by Gasteiger charge is -2.27. The lowest BCUT2D eigenvalue weighted by atomic mass is 9.93. The van der Waals surface area contributed by atoms with Crippen molar-refractivity contribution in [3.8, 4) is 0 Å². The second-order valence-corrected chi connectivity index (χ2v) is 10.3. The second kappa shape index (κ2) is 19.0. The maximum atomic E-state index is 12.5. The molecule has 10 heteroatoms.